The van der Waals surface area contributed by atoms with Crippen LogP contribution in [-0.2, 0) is 0 Å². The largest absolute Gasteiger partial charge is 0.478 e. The Morgan fingerprint density at radius 1 is 1.11 bits per heavy atom. The number of H-pyrrole nitrogens is 1. The van der Waals surface area contributed by atoms with Crippen molar-refractivity contribution in [3.63, 3.8) is 0 Å². The molecule has 6 rings (SSSR count). The Morgan fingerprint density at radius 2 is 1.95 bits per heavy atom. The molecule has 7 nitrogen and oxygen atoms in total. The number of carbonyl (C=O) groups is 1. The summed E-state index contributed by atoms with van der Waals surface area (Å²) in [5.74, 6) is -0.135. The molecule has 7 heteroatoms. The summed E-state index contributed by atoms with van der Waals surface area (Å²) in [6, 6.07) is 9.21. The van der Waals surface area contributed by atoms with Crippen molar-refractivity contribution in [2.45, 2.75) is 58.3 Å². The summed E-state index contributed by atoms with van der Waals surface area (Å²) in [4.78, 5) is 24.3. The number of aromatic amines is 1. The van der Waals surface area contributed by atoms with E-state index >= 15 is 0 Å². The lowest BCUT2D eigenvalue weighted by Gasteiger charge is -2.47. The maximum atomic E-state index is 11.9. The molecule has 0 amide bonds. The number of hydrogen-bond acceptors (Lipinski definition) is 5. The number of carboxylic acids is 1. The van der Waals surface area contributed by atoms with Gasteiger partial charge in [-0.1, -0.05) is 30.9 Å². The lowest BCUT2D eigenvalue weighted by Crippen LogP contribution is -2.47. The number of benzene rings is 1. The molecule has 0 unspecified atom stereocenters. The molecular weight excluding hydrogens is 476 g/mol. The average Bonchev–Trinajstić information content (AvgIpc) is 3.37. The van der Waals surface area contributed by atoms with Gasteiger partial charge in [-0.2, -0.15) is 0 Å². The van der Waals surface area contributed by atoms with Crippen LogP contribution in [0.1, 0.15) is 68.6 Å². The van der Waals surface area contributed by atoms with Crippen LogP contribution in [0.25, 0.3) is 11.0 Å². The van der Waals surface area contributed by atoms with E-state index in [9.17, 15) is 9.90 Å². The molecule has 2 fully saturated rings. The molecule has 200 valence electrons. The molecule has 0 radical (unpaired) electrons. The molecule has 3 aromatic rings. The van der Waals surface area contributed by atoms with Crippen LogP contribution in [0.15, 0.2) is 53.9 Å². The molecule has 38 heavy (non-hydrogen) atoms. The Morgan fingerprint density at radius 3 is 2.68 bits per heavy atom. The summed E-state index contributed by atoms with van der Waals surface area (Å²) in [5.41, 5.74) is 6.05. The predicted molar refractivity (Wildman–Crippen MR) is 150 cm³/mol. The summed E-state index contributed by atoms with van der Waals surface area (Å²) in [6.07, 6.45) is 14.3. The highest BCUT2D eigenvalue weighted by atomic mass is 16.5. The maximum Gasteiger partial charge on any atom is 0.339 e. The molecule has 1 saturated carbocycles. The number of aromatic carboxylic acids is 1. The van der Waals surface area contributed by atoms with E-state index in [0.29, 0.717) is 16.9 Å². The number of nitrogens with one attached hydrogen (secondary N) is 1. The van der Waals surface area contributed by atoms with Crippen LogP contribution >= 0.6 is 0 Å². The van der Waals surface area contributed by atoms with Crippen molar-refractivity contribution in [3.05, 3.63) is 59.4 Å². The lowest BCUT2D eigenvalue weighted by atomic mass is 9.59. The third-order valence-corrected chi connectivity index (χ3v) is 8.96. The second-order valence-corrected chi connectivity index (χ2v) is 11.4. The van der Waals surface area contributed by atoms with Crippen molar-refractivity contribution in [2.75, 3.05) is 37.6 Å². The van der Waals surface area contributed by atoms with E-state index in [1.54, 1.807) is 23.4 Å². The zero-order valence-corrected chi connectivity index (χ0v) is 22.3. The van der Waals surface area contributed by atoms with Crippen LogP contribution in [0.4, 0.5) is 5.69 Å². The van der Waals surface area contributed by atoms with E-state index in [1.165, 1.54) is 51.4 Å². The van der Waals surface area contributed by atoms with Gasteiger partial charge in [0.2, 0.25) is 0 Å². The second kappa shape index (κ2) is 10.4. The van der Waals surface area contributed by atoms with Crippen LogP contribution < -0.4 is 9.64 Å². The van der Waals surface area contributed by atoms with E-state index in [-0.39, 0.29) is 5.56 Å². The first-order chi connectivity index (χ1) is 18.5. The van der Waals surface area contributed by atoms with Gasteiger partial charge in [0, 0.05) is 56.1 Å². The Kier molecular flexibility index (Phi) is 6.87. The number of nitrogens with zero attached hydrogens (tertiary/aromatic N) is 3. The molecule has 0 atom stereocenters. The van der Waals surface area contributed by atoms with Gasteiger partial charge in [-0.3, -0.25) is 4.90 Å². The van der Waals surface area contributed by atoms with Crippen molar-refractivity contribution in [1.29, 1.82) is 0 Å². The van der Waals surface area contributed by atoms with Gasteiger partial charge in [0.1, 0.15) is 22.7 Å². The number of aromatic nitrogens is 2. The highest BCUT2D eigenvalue weighted by Crippen LogP contribution is 2.53. The molecule has 0 bridgehead atoms. The number of ether oxygens (including phenoxy) is 1. The number of fused-ring (bicyclic) bond motifs is 1. The van der Waals surface area contributed by atoms with Gasteiger partial charge in [0.05, 0.1) is 6.20 Å². The molecule has 2 aliphatic carbocycles. The van der Waals surface area contributed by atoms with Crippen LogP contribution in [0, 0.1) is 5.41 Å². The topological polar surface area (TPSA) is 81.7 Å². The van der Waals surface area contributed by atoms with Gasteiger partial charge >= 0.3 is 5.97 Å². The van der Waals surface area contributed by atoms with Gasteiger partial charge in [0.15, 0.2) is 0 Å². The third kappa shape index (κ3) is 5.04. The van der Waals surface area contributed by atoms with Crippen LogP contribution in [0.5, 0.6) is 11.5 Å². The van der Waals surface area contributed by atoms with Crippen molar-refractivity contribution < 1.29 is 14.6 Å². The lowest BCUT2D eigenvalue weighted by molar-refractivity contribution is 0.0694. The van der Waals surface area contributed by atoms with Gasteiger partial charge in [-0.25, -0.2) is 9.78 Å². The van der Waals surface area contributed by atoms with Crippen molar-refractivity contribution >= 4 is 22.7 Å². The van der Waals surface area contributed by atoms with Crippen LogP contribution in [0.3, 0.4) is 0 Å². The Labute approximate surface area is 224 Å². The highest BCUT2D eigenvalue weighted by molar-refractivity contribution is 5.92. The molecule has 3 heterocycles. The smallest absolute Gasteiger partial charge is 0.339 e. The number of carboxylic acid groups (broad SMARTS) is 1. The normalized spacial score (nSPS) is 19.7. The van der Waals surface area contributed by atoms with Gasteiger partial charge in [0.25, 0.3) is 0 Å². The molecule has 1 aromatic carbocycles. The minimum atomic E-state index is -1.00. The number of allylic oxidation sites excluding steroid dienone is 1. The maximum absolute atomic E-state index is 11.9. The first-order valence-electron chi connectivity index (χ1n) is 14.2. The number of anilines is 1. The first-order valence-corrected chi connectivity index (χ1v) is 14.2. The molecule has 1 spiro atoms. The zero-order chi connectivity index (χ0) is 26.1. The van der Waals surface area contributed by atoms with Crippen molar-refractivity contribution in [3.8, 4) is 11.5 Å². The SMILES string of the molecule is CCCC1=C(CN2CCN(c3ccc(C(=O)O)c(Oc4cnc5[nH]ccc5c4)c3)CC2)CCC2(CCC2)C1. The molecule has 2 aromatic heterocycles. The standard InChI is InChI=1S/C31H38N4O3/c1-2-4-23-19-31(9-3-10-31)11-7-24(23)21-34-13-15-35(16-14-34)25-5-6-27(30(36)37)28(18-25)38-26-17-22-8-12-32-29(22)33-20-26/h5-6,8,12,17-18,20H,2-4,7,9-11,13-16,19,21H2,1H3,(H,32,33)(H,36,37). The van der Waals surface area contributed by atoms with E-state index < -0.39 is 5.97 Å². The Hall–Kier alpha value is -3.32. The van der Waals surface area contributed by atoms with E-state index in [1.807, 2.05) is 30.5 Å². The summed E-state index contributed by atoms with van der Waals surface area (Å²) in [6.45, 7) is 7.29. The number of rotatable bonds is 8. The van der Waals surface area contributed by atoms with Crippen LogP contribution in [-0.4, -0.2) is 58.7 Å². The molecular formula is C31H38N4O3. The minimum Gasteiger partial charge on any atom is -0.478 e. The zero-order valence-electron chi connectivity index (χ0n) is 22.3. The molecule has 2 N–H and O–H groups in total. The summed E-state index contributed by atoms with van der Waals surface area (Å²) in [5, 5.41) is 10.7. The van der Waals surface area contributed by atoms with Gasteiger partial charge in [-0.05, 0) is 68.2 Å². The number of hydrogen-bond donors (Lipinski definition) is 2. The molecule has 1 saturated heterocycles. The Balaban J connectivity index is 1.13. The predicted octanol–water partition coefficient (Wildman–Crippen LogP) is 6.63. The molecule has 3 aliphatic rings. The average molecular weight is 515 g/mol. The van der Waals surface area contributed by atoms with Crippen molar-refractivity contribution in [2.24, 2.45) is 5.41 Å². The minimum absolute atomic E-state index is 0.151. The summed E-state index contributed by atoms with van der Waals surface area (Å²) in [7, 11) is 0. The third-order valence-electron chi connectivity index (χ3n) is 8.96. The second-order valence-electron chi connectivity index (χ2n) is 11.4. The fourth-order valence-corrected chi connectivity index (χ4v) is 6.63. The number of piperazine rings is 1. The highest BCUT2D eigenvalue weighted by Gasteiger charge is 2.40. The summed E-state index contributed by atoms with van der Waals surface area (Å²) >= 11 is 0. The van der Waals surface area contributed by atoms with E-state index in [2.05, 4.69) is 26.7 Å². The van der Waals surface area contributed by atoms with E-state index in [0.717, 1.165) is 49.4 Å². The molecule has 1 aliphatic heterocycles. The summed E-state index contributed by atoms with van der Waals surface area (Å²) < 4.78 is 6.07. The van der Waals surface area contributed by atoms with Gasteiger partial charge < -0.3 is 19.7 Å². The Bertz CT molecular complexity index is 1350. The fourth-order valence-electron chi connectivity index (χ4n) is 6.63. The van der Waals surface area contributed by atoms with Crippen molar-refractivity contribution in [1.82, 2.24) is 14.9 Å². The number of pyridine rings is 1. The quantitative estimate of drug-likeness (QED) is 0.329. The van der Waals surface area contributed by atoms with E-state index in [4.69, 9.17) is 4.74 Å². The first kappa shape index (κ1) is 25.0. The van der Waals surface area contributed by atoms with Crippen LogP contribution in [0.2, 0.25) is 0 Å². The van der Waals surface area contributed by atoms with Gasteiger partial charge in [-0.15, -0.1) is 0 Å². The fraction of sp³-hybridized carbons (Fsp3) is 0.484. The monoisotopic (exact) mass is 514 g/mol.